The van der Waals surface area contributed by atoms with E-state index < -0.39 is 0 Å². The summed E-state index contributed by atoms with van der Waals surface area (Å²) in [5.74, 6) is -0.229. The lowest BCUT2D eigenvalue weighted by molar-refractivity contribution is 0.102. The predicted octanol–water partition coefficient (Wildman–Crippen LogP) is 2.62. The van der Waals surface area contributed by atoms with Crippen molar-refractivity contribution in [3.05, 3.63) is 49.6 Å². The lowest BCUT2D eigenvalue weighted by Gasteiger charge is -2.08. The van der Waals surface area contributed by atoms with Gasteiger partial charge in [-0.25, -0.2) is 0 Å². The van der Waals surface area contributed by atoms with Gasteiger partial charge in [0.15, 0.2) is 0 Å². The molecular formula is C14H16N2O2S. The summed E-state index contributed by atoms with van der Waals surface area (Å²) >= 11 is 0.973. The van der Waals surface area contributed by atoms with Gasteiger partial charge in [-0.1, -0.05) is 29.0 Å². The van der Waals surface area contributed by atoms with E-state index in [1.165, 1.54) is 4.57 Å². The third kappa shape index (κ3) is 2.61. The fourth-order valence-electron chi connectivity index (χ4n) is 1.86. The molecule has 5 heteroatoms. The Labute approximate surface area is 115 Å². The minimum atomic E-state index is -0.229. The number of hydrogen-bond acceptors (Lipinski definition) is 3. The van der Waals surface area contributed by atoms with Crippen LogP contribution in [-0.2, 0) is 7.05 Å². The van der Waals surface area contributed by atoms with E-state index in [-0.39, 0.29) is 10.8 Å². The molecule has 0 saturated heterocycles. The Balaban J connectivity index is 2.31. The van der Waals surface area contributed by atoms with Crippen molar-refractivity contribution in [1.82, 2.24) is 4.57 Å². The predicted molar refractivity (Wildman–Crippen MR) is 78.2 cm³/mol. The molecule has 0 aliphatic carbocycles. The lowest BCUT2D eigenvalue weighted by atomic mass is 10.1. The molecule has 1 aromatic carbocycles. The van der Waals surface area contributed by atoms with E-state index in [1.54, 1.807) is 14.0 Å². The average molecular weight is 276 g/mol. The molecule has 0 aliphatic rings. The maximum atomic E-state index is 12.2. The van der Waals surface area contributed by atoms with Crippen LogP contribution >= 0.6 is 11.3 Å². The molecule has 19 heavy (non-hydrogen) atoms. The topological polar surface area (TPSA) is 51.1 Å². The third-order valence-corrected chi connectivity index (χ3v) is 4.26. The number of anilines is 1. The molecule has 2 rings (SSSR count). The van der Waals surface area contributed by atoms with Gasteiger partial charge in [-0.05, 0) is 32.4 Å². The molecule has 0 saturated carbocycles. The van der Waals surface area contributed by atoms with Crippen molar-refractivity contribution in [3.63, 3.8) is 0 Å². The van der Waals surface area contributed by atoms with Crippen LogP contribution < -0.4 is 10.2 Å². The van der Waals surface area contributed by atoms with Gasteiger partial charge in [0.2, 0.25) is 0 Å². The first-order chi connectivity index (χ1) is 8.90. The number of carbonyl (C=O) groups excluding carboxylic acids is 1. The molecule has 1 N–H and O–H groups in total. The van der Waals surface area contributed by atoms with Gasteiger partial charge in [-0.3, -0.25) is 9.59 Å². The summed E-state index contributed by atoms with van der Waals surface area (Å²) in [6.45, 7) is 5.73. The second-order valence-electron chi connectivity index (χ2n) is 4.61. The molecule has 100 valence electrons. The molecule has 1 amide bonds. The van der Waals surface area contributed by atoms with Crippen LogP contribution in [0.2, 0.25) is 0 Å². The summed E-state index contributed by atoms with van der Waals surface area (Å²) in [6, 6.07) is 5.84. The van der Waals surface area contributed by atoms with E-state index in [1.807, 2.05) is 32.0 Å². The van der Waals surface area contributed by atoms with Crippen LogP contribution in [0.4, 0.5) is 5.69 Å². The molecule has 0 aliphatic heterocycles. The standard InChI is InChI=1S/C14H16N2O2S/c1-8-5-6-11(9(2)7-8)15-13(17)12-10(3)16(4)14(18)19-12/h5-7H,1-4H3,(H,15,17). The van der Waals surface area contributed by atoms with Gasteiger partial charge < -0.3 is 9.88 Å². The highest BCUT2D eigenvalue weighted by atomic mass is 32.1. The summed E-state index contributed by atoms with van der Waals surface area (Å²) in [4.78, 5) is 24.1. The molecule has 1 heterocycles. The Bertz CT molecular complexity index is 698. The fraction of sp³-hybridized carbons (Fsp3) is 0.286. The van der Waals surface area contributed by atoms with E-state index in [0.29, 0.717) is 10.6 Å². The first kappa shape index (κ1) is 13.5. The largest absolute Gasteiger partial charge is 0.321 e. The third-order valence-electron chi connectivity index (χ3n) is 3.13. The smallest absolute Gasteiger partial charge is 0.307 e. The second-order valence-corrected chi connectivity index (χ2v) is 5.58. The van der Waals surface area contributed by atoms with E-state index >= 15 is 0 Å². The number of aromatic nitrogens is 1. The van der Waals surface area contributed by atoms with Gasteiger partial charge in [-0.2, -0.15) is 0 Å². The van der Waals surface area contributed by atoms with E-state index in [0.717, 1.165) is 28.2 Å². The molecule has 2 aromatic rings. The lowest BCUT2D eigenvalue weighted by Crippen LogP contribution is -2.13. The number of nitrogens with one attached hydrogen (secondary N) is 1. The number of rotatable bonds is 2. The first-order valence-electron chi connectivity index (χ1n) is 5.95. The number of carbonyl (C=O) groups is 1. The number of hydrogen-bond donors (Lipinski definition) is 1. The van der Waals surface area contributed by atoms with Gasteiger partial charge >= 0.3 is 4.87 Å². The molecule has 1 aromatic heterocycles. The van der Waals surface area contributed by atoms with Crippen molar-refractivity contribution in [2.75, 3.05) is 5.32 Å². The maximum Gasteiger partial charge on any atom is 0.307 e. The Morgan fingerprint density at radius 1 is 1.26 bits per heavy atom. The Kier molecular flexibility index (Phi) is 3.57. The van der Waals surface area contributed by atoms with Crippen LogP contribution in [0.3, 0.4) is 0 Å². The molecule has 0 unspecified atom stereocenters. The van der Waals surface area contributed by atoms with Gasteiger partial charge in [0, 0.05) is 18.4 Å². The minimum Gasteiger partial charge on any atom is -0.321 e. The van der Waals surface area contributed by atoms with Crippen molar-refractivity contribution in [2.24, 2.45) is 7.05 Å². The van der Waals surface area contributed by atoms with Crippen LogP contribution in [0, 0.1) is 20.8 Å². The number of benzene rings is 1. The van der Waals surface area contributed by atoms with Gasteiger partial charge in [0.25, 0.3) is 5.91 Å². The summed E-state index contributed by atoms with van der Waals surface area (Å²) in [6.07, 6.45) is 0. The highest BCUT2D eigenvalue weighted by Crippen LogP contribution is 2.19. The van der Waals surface area contributed by atoms with Crippen LogP contribution in [0.15, 0.2) is 23.0 Å². The zero-order valence-electron chi connectivity index (χ0n) is 11.4. The fourth-order valence-corrected chi connectivity index (χ4v) is 2.74. The Morgan fingerprint density at radius 3 is 2.47 bits per heavy atom. The van der Waals surface area contributed by atoms with Crippen LogP contribution in [0.25, 0.3) is 0 Å². The van der Waals surface area contributed by atoms with Crippen LogP contribution in [0.5, 0.6) is 0 Å². The summed E-state index contributed by atoms with van der Waals surface area (Å²) < 4.78 is 1.49. The highest BCUT2D eigenvalue weighted by molar-refractivity contribution is 7.11. The molecule has 4 nitrogen and oxygen atoms in total. The molecule has 0 spiro atoms. The molecule has 0 fully saturated rings. The van der Waals surface area contributed by atoms with Crippen molar-refractivity contribution in [1.29, 1.82) is 0 Å². The Morgan fingerprint density at radius 2 is 1.95 bits per heavy atom. The number of aryl methyl sites for hydroxylation is 2. The van der Waals surface area contributed by atoms with Gasteiger partial charge in [0.05, 0.1) is 0 Å². The highest BCUT2D eigenvalue weighted by Gasteiger charge is 2.16. The molecular weight excluding hydrogens is 260 g/mol. The van der Waals surface area contributed by atoms with Crippen molar-refractivity contribution in [3.8, 4) is 0 Å². The number of amides is 1. The Hall–Kier alpha value is -1.88. The molecule has 0 bridgehead atoms. The second kappa shape index (κ2) is 5.01. The van der Waals surface area contributed by atoms with Crippen molar-refractivity contribution in [2.45, 2.75) is 20.8 Å². The first-order valence-corrected chi connectivity index (χ1v) is 6.77. The minimum absolute atomic E-state index is 0.122. The zero-order chi connectivity index (χ0) is 14.2. The van der Waals surface area contributed by atoms with Crippen LogP contribution in [0.1, 0.15) is 26.5 Å². The number of thiazole rings is 1. The van der Waals surface area contributed by atoms with E-state index in [2.05, 4.69) is 5.32 Å². The maximum absolute atomic E-state index is 12.2. The van der Waals surface area contributed by atoms with Crippen molar-refractivity contribution >= 4 is 22.9 Å². The number of nitrogens with zero attached hydrogens (tertiary/aromatic N) is 1. The molecule has 0 radical (unpaired) electrons. The normalized spacial score (nSPS) is 10.5. The van der Waals surface area contributed by atoms with Gasteiger partial charge in [0.1, 0.15) is 4.88 Å². The summed E-state index contributed by atoms with van der Waals surface area (Å²) in [5.41, 5.74) is 3.63. The van der Waals surface area contributed by atoms with Gasteiger partial charge in [-0.15, -0.1) is 0 Å². The monoisotopic (exact) mass is 276 g/mol. The van der Waals surface area contributed by atoms with E-state index in [4.69, 9.17) is 0 Å². The van der Waals surface area contributed by atoms with Crippen LogP contribution in [-0.4, -0.2) is 10.5 Å². The van der Waals surface area contributed by atoms with E-state index in [9.17, 15) is 9.59 Å². The zero-order valence-corrected chi connectivity index (χ0v) is 12.2. The van der Waals surface area contributed by atoms with Crippen molar-refractivity contribution < 1.29 is 4.79 Å². The molecule has 0 atom stereocenters. The SMILES string of the molecule is Cc1ccc(NC(=O)c2sc(=O)n(C)c2C)c(C)c1. The average Bonchev–Trinajstić information content (AvgIpc) is 2.60. The summed E-state index contributed by atoms with van der Waals surface area (Å²) in [7, 11) is 1.67. The summed E-state index contributed by atoms with van der Waals surface area (Å²) in [5, 5.41) is 2.85. The quantitative estimate of drug-likeness (QED) is 0.916.